The monoisotopic (exact) mass is 213 g/mol. The summed E-state index contributed by atoms with van der Waals surface area (Å²) in [5.74, 6) is 2.70. The molecule has 2 heteroatoms. The number of likely N-dealkylation sites (tertiary alicyclic amines) is 1. The Morgan fingerprint density at radius 2 is 2.25 bits per heavy atom. The highest BCUT2D eigenvalue weighted by atomic mass is 16.6. The molecule has 0 aromatic heterocycles. The third kappa shape index (κ3) is 1.44. The molecule has 1 aromatic carbocycles. The van der Waals surface area contributed by atoms with Crippen LogP contribution < -0.4 is 0 Å². The summed E-state index contributed by atoms with van der Waals surface area (Å²) in [6, 6.07) is 10.5. The van der Waals surface area contributed by atoms with Gasteiger partial charge in [-0.15, -0.1) is 6.42 Å². The van der Waals surface area contributed by atoms with Gasteiger partial charge in [0, 0.05) is 13.1 Å². The van der Waals surface area contributed by atoms with Crippen molar-refractivity contribution in [1.82, 2.24) is 4.90 Å². The first kappa shape index (κ1) is 9.89. The van der Waals surface area contributed by atoms with Gasteiger partial charge in [-0.25, -0.2) is 0 Å². The standard InChI is InChI=1S/C14H15NO/c1-2-9-15-10-8-14(13(11-15)16-14)12-6-4-3-5-7-12/h1,3-7,13H,8-11H2. The van der Waals surface area contributed by atoms with Crippen LogP contribution in [-0.4, -0.2) is 30.6 Å². The molecule has 0 aliphatic carbocycles. The summed E-state index contributed by atoms with van der Waals surface area (Å²) in [5, 5.41) is 0. The molecule has 0 radical (unpaired) electrons. The van der Waals surface area contributed by atoms with E-state index in [1.807, 2.05) is 6.07 Å². The Morgan fingerprint density at radius 3 is 2.94 bits per heavy atom. The Bertz CT molecular complexity index is 422. The first-order valence-electron chi connectivity index (χ1n) is 5.74. The van der Waals surface area contributed by atoms with E-state index in [1.165, 1.54) is 5.56 Å². The van der Waals surface area contributed by atoms with Gasteiger partial charge < -0.3 is 4.74 Å². The van der Waals surface area contributed by atoms with Crippen molar-refractivity contribution in [3.05, 3.63) is 35.9 Å². The predicted octanol–water partition coefficient (Wildman–Crippen LogP) is 1.62. The minimum Gasteiger partial charge on any atom is -0.360 e. The lowest BCUT2D eigenvalue weighted by molar-refractivity contribution is 0.247. The second-order valence-electron chi connectivity index (χ2n) is 4.55. The zero-order valence-corrected chi connectivity index (χ0v) is 9.23. The number of hydrogen-bond donors (Lipinski definition) is 0. The van der Waals surface area contributed by atoms with E-state index in [9.17, 15) is 0 Å². The van der Waals surface area contributed by atoms with Crippen molar-refractivity contribution in [3.8, 4) is 12.3 Å². The summed E-state index contributed by atoms with van der Waals surface area (Å²) < 4.78 is 5.92. The van der Waals surface area contributed by atoms with E-state index in [2.05, 4.69) is 35.1 Å². The van der Waals surface area contributed by atoms with Gasteiger partial charge in [0.05, 0.1) is 6.54 Å². The largest absolute Gasteiger partial charge is 0.360 e. The van der Waals surface area contributed by atoms with Crippen molar-refractivity contribution < 1.29 is 4.74 Å². The van der Waals surface area contributed by atoms with Crippen molar-refractivity contribution in [2.45, 2.75) is 18.1 Å². The van der Waals surface area contributed by atoms with Crippen molar-refractivity contribution in [2.24, 2.45) is 0 Å². The van der Waals surface area contributed by atoms with E-state index < -0.39 is 0 Å². The summed E-state index contributed by atoms with van der Waals surface area (Å²) >= 11 is 0. The average molecular weight is 213 g/mol. The molecule has 2 fully saturated rings. The van der Waals surface area contributed by atoms with Gasteiger partial charge in [-0.3, -0.25) is 4.90 Å². The van der Waals surface area contributed by atoms with E-state index in [0.717, 1.165) is 26.1 Å². The van der Waals surface area contributed by atoms with Gasteiger partial charge >= 0.3 is 0 Å². The first-order valence-corrected chi connectivity index (χ1v) is 5.74. The highest BCUT2D eigenvalue weighted by molar-refractivity contribution is 5.30. The molecular weight excluding hydrogens is 198 g/mol. The molecule has 1 aromatic rings. The number of piperidine rings is 1. The van der Waals surface area contributed by atoms with Gasteiger partial charge in [-0.05, 0) is 12.0 Å². The van der Waals surface area contributed by atoms with E-state index >= 15 is 0 Å². The Hall–Kier alpha value is -1.30. The van der Waals surface area contributed by atoms with Gasteiger partial charge in [0.2, 0.25) is 0 Å². The van der Waals surface area contributed by atoms with Crippen LogP contribution in [0.25, 0.3) is 0 Å². The van der Waals surface area contributed by atoms with E-state index in [4.69, 9.17) is 11.2 Å². The second-order valence-corrected chi connectivity index (χ2v) is 4.55. The number of epoxide rings is 1. The zero-order chi connectivity index (χ0) is 11.0. The molecule has 2 aliphatic rings. The predicted molar refractivity (Wildman–Crippen MR) is 62.9 cm³/mol. The maximum atomic E-state index is 5.92. The molecule has 82 valence electrons. The summed E-state index contributed by atoms with van der Waals surface area (Å²) in [6.07, 6.45) is 6.73. The quantitative estimate of drug-likeness (QED) is 0.548. The van der Waals surface area contributed by atoms with Crippen molar-refractivity contribution >= 4 is 0 Å². The van der Waals surface area contributed by atoms with Crippen LogP contribution >= 0.6 is 0 Å². The molecule has 0 N–H and O–H groups in total. The molecule has 0 amide bonds. The maximum Gasteiger partial charge on any atom is 0.122 e. The Labute approximate surface area is 96.2 Å². The number of benzene rings is 1. The summed E-state index contributed by atoms with van der Waals surface area (Å²) in [6.45, 7) is 2.75. The molecule has 2 saturated heterocycles. The lowest BCUT2D eigenvalue weighted by Gasteiger charge is -2.26. The van der Waals surface area contributed by atoms with Crippen LogP contribution in [0.3, 0.4) is 0 Å². The van der Waals surface area contributed by atoms with Gasteiger partial charge in [0.25, 0.3) is 0 Å². The minimum atomic E-state index is 0.00631. The number of terminal acetylenes is 1. The van der Waals surface area contributed by atoms with Crippen molar-refractivity contribution in [1.29, 1.82) is 0 Å². The SMILES string of the molecule is C#CCN1CCC2(c3ccccc3)OC2C1. The van der Waals surface area contributed by atoms with Gasteiger partial charge in [0.1, 0.15) is 11.7 Å². The van der Waals surface area contributed by atoms with Crippen LogP contribution in [0.1, 0.15) is 12.0 Å². The van der Waals surface area contributed by atoms with Crippen molar-refractivity contribution in [3.63, 3.8) is 0 Å². The Morgan fingerprint density at radius 1 is 1.44 bits per heavy atom. The highest BCUT2D eigenvalue weighted by Crippen LogP contribution is 2.51. The zero-order valence-electron chi connectivity index (χ0n) is 9.23. The first-order chi connectivity index (χ1) is 7.85. The van der Waals surface area contributed by atoms with Gasteiger partial charge in [-0.1, -0.05) is 36.3 Å². The highest BCUT2D eigenvalue weighted by Gasteiger charge is 2.59. The summed E-state index contributed by atoms with van der Waals surface area (Å²) in [5.41, 5.74) is 1.33. The molecule has 16 heavy (non-hydrogen) atoms. The second kappa shape index (κ2) is 3.62. The Balaban J connectivity index is 1.75. The Kier molecular flexibility index (Phi) is 2.24. The van der Waals surface area contributed by atoms with Crippen molar-refractivity contribution in [2.75, 3.05) is 19.6 Å². The molecule has 2 unspecified atom stereocenters. The lowest BCUT2D eigenvalue weighted by atomic mass is 9.89. The van der Waals surface area contributed by atoms with E-state index in [-0.39, 0.29) is 5.60 Å². The molecular formula is C14H15NO. The smallest absolute Gasteiger partial charge is 0.122 e. The number of hydrogen-bond acceptors (Lipinski definition) is 2. The topological polar surface area (TPSA) is 15.8 Å². The molecule has 3 rings (SSSR count). The van der Waals surface area contributed by atoms with E-state index in [0.29, 0.717) is 6.10 Å². The third-order valence-electron chi connectivity index (χ3n) is 3.62. The van der Waals surface area contributed by atoms with Gasteiger partial charge in [-0.2, -0.15) is 0 Å². The molecule has 0 spiro atoms. The molecule has 2 atom stereocenters. The number of ether oxygens (including phenoxy) is 1. The fraction of sp³-hybridized carbons (Fsp3) is 0.429. The number of nitrogens with zero attached hydrogens (tertiary/aromatic N) is 1. The van der Waals surface area contributed by atoms with Crippen LogP contribution in [0.2, 0.25) is 0 Å². The summed E-state index contributed by atoms with van der Waals surface area (Å²) in [4.78, 5) is 2.29. The van der Waals surface area contributed by atoms with Crippen LogP contribution in [0.15, 0.2) is 30.3 Å². The van der Waals surface area contributed by atoms with Crippen LogP contribution in [0.4, 0.5) is 0 Å². The lowest BCUT2D eigenvalue weighted by Crippen LogP contribution is -2.38. The molecule has 2 nitrogen and oxygen atoms in total. The van der Waals surface area contributed by atoms with Crippen LogP contribution in [0.5, 0.6) is 0 Å². The molecule has 0 saturated carbocycles. The van der Waals surface area contributed by atoms with E-state index in [1.54, 1.807) is 0 Å². The number of rotatable bonds is 2. The maximum absolute atomic E-state index is 5.92. The molecule has 2 heterocycles. The third-order valence-corrected chi connectivity index (χ3v) is 3.62. The molecule has 2 aliphatic heterocycles. The number of fused-ring (bicyclic) bond motifs is 1. The fourth-order valence-corrected chi connectivity index (χ4v) is 2.67. The van der Waals surface area contributed by atoms with Gasteiger partial charge in [0.15, 0.2) is 0 Å². The average Bonchev–Trinajstić information content (AvgIpc) is 3.06. The molecule has 0 bridgehead atoms. The van der Waals surface area contributed by atoms with Crippen LogP contribution in [-0.2, 0) is 10.3 Å². The normalized spacial score (nSPS) is 32.8. The fourth-order valence-electron chi connectivity index (χ4n) is 2.67. The van der Waals surface area contributed by atoms with Crippen LogP contribution in [0, 0.1) is 12.3 Å². The minimum absolute atomic E-state index is 0.00631. The summed E-state index contributed by atoms with van der Waals surface area (Å²) in [7, 11) is 0.